The highest BCUT2D eigenvalue weighted by Gasteiger charge is 2.08. The summed E-state index contributed by atoms with van der Waals surface area (Å²) >= 11 is 0. The molecule has 0 spiro atoms. The first-order chi connectivity index (χ1) is 6.08. The number of allylic oxidation sites excluding steroid dienone is 2. The summed E-state index contributed by atoms with van der Waals surface area (Å²) in [6.07, 6.45) is 9.89. The van der Waals surface area contributed by atoms with E-state index >= 15 is 0 Å². The molecule has 0 unspecified atom stereocenters. The van der Waals surface area contributed by atoms with Crippen LogP contribution in [0.1, 0.15) is 46.5 Å². The summed E-state index contributed by atoms with van der Waals surface area (Å²) in [5.74, 6) is 3.07. The first-order valence-corrected chi connectivity index (χ1v) is 4.96. The van der Waals surface area contributed by atoms with Crippen molar-refractivity contribution in [1.82, 2.24) is 0 Å². The van der Waals surface area contributed by atoms with Gasteiger partial charge in [0.05, 0.1) is 0 Å². The minimum absolute atomic E-state index is 0.151. The molecular formula is C12H18O. The van der Waals surface area contributed by atoms with Crippen LogP contribution in [0.25, 0.3) is 0 Å². The minimum atomic E-state index is -0.151. The average Bonchev–Trinajstić information content (AvgIpc) is 2.04. The van der Waals surface area contributed by atoms with Gasteiger partial charge in [0.15, 0.2) is 0 Å². The third-order valence-corrected chi connectivity index (χ3v) is 1.86. The number of hydrogen-bond acceptors (Lipinski definition) is 1. The quantitative estimate of drug-likeness (QED) is 0.517. The standard InChI is InChI=1S/C12H18O/c1-12(2,3)13-10-9-11-7-5-4-6-8-11/h7H,4-6,8H2,1-3H3. The van der Waals surface area contributed by atoms with Gasteiger partial charge in [-0.3, -0.25) is 0 Å². The van der Waals surface area contributed by atoms with Crippen LogP contribution in [-0.2, 0) is 4.74 Å². The largest absolute Gasteiger partial charge is 0.441 e. The molecule has 0 fully saturated rings. The number of ether oxygens (including phenoxy) is 1. The highest BCUT2D eigenvalue weighted by Crippen LogP contribution is 2.16. The maximum Gasteiger partial charge on any atom is 0.115 e. The molecule has 1 aliphatic rings. The predicted molar refractivity (Wildman–Crippen MR) is 55.2 cm³/mol. The van der Waals surface area contributed by atoms with Crippen LogP contribution in [0.2, 0.25) is 0 Å². The van der Waals surface area contributed by atoms with Crippen LogP contribution in [0.4, 0.5) is 0 Å². The van der Waals surface area contributed by atoms with Crippen molar-refractivity contribution >= 4 is 0 Å². The minimum Gasteiger partial charge on any atom is -0.441 e. The van der Waals surface area contributed by atoms with Gasteiger partial charge in [0.2, 0.25) is 0 Å². The highest BCUT2D eigenvalue weighted by molar-refractivity contribution is 5.28. The zero-order valence-electron chi connectivity index (χ0n) is 8.81. The van der Waals surface area contributed by atoms with Gasteiger partial charge in [-0.1, -0.05) is 6.08 Å². The molecule has 1 aliphatic carbocycles. The lowest BCUT2D eigenvalue weighted by atomic mass is 10.0. The number of hydrogen-bond donors (Lipinski definition) is 0. The van der Waals surface area contributed by atoms with E-state index in [0.717, 1.165) is 6.42 Å². The molecule has 0 aliphatic heterocycles. The monoisotopic (exact) mass is 178 g/mol. The van der Waals surface area contributed by atoms with Crippen molar-refractivity contribution in [3.05, 3.63) is 11.6 Å². The zero-order chi connectivity index (χ0) is 9.73. The summed E-state index contributed by atoms with van der Waals surface area (Å²) < 4.78 is 5.33. The van der Waals surface area contributed by atoms with Crippen LogP contribution in [0, 0.1) is 12.0 Å². The lowest BCUT2D eigenvalue weighted by Crippen LogP contribution is -2.15. The topological polar surface area (TPSA) is 9.23 Å². The molecule has 0 heterocycles. The third kappa shape index (κ3) is 4.62. The van der Waals surface area contributed by atoms with Crippen LogP contribution < -0.4 is 0 Å². The van der Waals surface area contributed by atoms with E-state index in [4.69, 9.17) is 4.74 Å². The summed E-state index contributed by atoms with van der Waals surface area (Å²) in [4.78, 5) is 0. The van der Waals surface area contributed by atoms with Gasteiger partial charge in [0, 0.05) is 5.57 Å². The molecular weight excluding hydrogens is 160 g/mol. The van der Waals surface area contributed by atoms with E-state index < -0.39 is 0 Å². The van der Waals surface area contributed by atoms with Crippen LogP contribution in [0.3, 0.4) is 0 Å². The second-order valence-corrected chi connectivity index (χ2v) is 4.42. The summed E-state index contributed by atoms with van der Waals surface area (Å²) in [6.45, 7) is 6.03. The van der Waals surface area contributed by atoms with Gasteiger partial charge in [-0.15, -0.1) is 0 Å². The van der Waals surface area contributed by atoms with Crippen LogP contribution >= 0.6 is 0 Å². The Balaban J connectivity index is 2.42. The van der Waals surface area contributed by atoms with Crippen molar-refractivity contribution in [1.29, 1.82) is 0 Å². The molecule has 1 rings (SSSR count). The van der Waals surface area contributed by atoms with Crippen molar-refractivity contribution < 1.29 is 4.74 Å². The molecule has 0 bridgehead atoms. The van der Waals surface area contributed by atoms with E-state index in [1.54, 1.807) is 0 Å². The molecule has 0 aromatic carbocycles. The SMILES string of the molecule is CC(C)(C)OC#CC1=CCCCC1. The van der Waals surface area contributed by atoms with Gasteiger partial charge in [-0.25, -0.2) is 0 Å². The lowest BCUT2D eigenvalue weighted by Gasteiger charge is -2.14. The van der Waals surface area contributed by atoms with Crippen LogP contribution in [0.5, 0.6) is 0 Å². The summed E-state index contributed by atoms with van der Waals surface area (Å²) in [6, 6.07) is 0. The van der Waals surface area contributed by atoms with Gasteiger partial charge in [0.1, 0.15) is 11.7 Å². The van der Waals surface area contributed by atoms with E-state index in [9.17, 15) is 0 Å². The molecule has 0 saturated heterocycles. The average molecular weight is 178 g/mol. The zero-order valence-corrected chi connectivity index (χ0v) is 8.81. The second kappa shape index (κ2) is 4.37. The molecule has 0 aromatic rings. The molecule has 0 radical (unpaired) electrons. The van der Waals surface area contributed by atoms with Crippen molar-refractivity contribution in [2.24, 2.45) is 0 Å². The fourth-order valence-electron chi connectivity index (χ4n) is 1.20. The summed E-state index contributed by atoms with van der Waals surface area (Å²) in [5, 5.41) is 0. The van der Waals surface area contributed by atoms with Crippen LogP contribution in [0.15, 0.2) is 11.6 Å². The van der Waals surface area contributed by atoms with Gasteiger partial charge >= 0.3 is 0 Å². The van der Waals surface area contributed by atoms with Crippen molar-refractivity contribution in [3.8, 4) is 12.0 Å². The van der Waals surface area contributed by atoms with Gasteiger partial charge < -0.3 is 4.74 Å². The smallest absolute Gasteiger partial charge is 0.115 e. The normalized spacial score (nSPS) is 17.0. The van der Waals surface area contributed by atoms with Gasteiger partial charge in [-0.05, 0) is 52.4 Å². The maximum atomic E-state index is 5.33. The predicted octanol–water partition coefficient (Wildman–Crippen LogP) is 3.26. The lowest BCUT2D eigenvalue weighted by molar-refractivity contribution is 0.0963. The Bertz CT molecular complexity index is 245. The Morgan fingerprint density at radius 3 is 2.62 bits per heavy atom. The Labute approximate surface area is 81.2 Å². The molecule has 1 nitrogen and oxygen atoms in total. The Morgan fingerprint density at radius 1 is 1.31 bits per heavy atom. The molecule has 0 saturated carbocycles. The molecule has 0 N–H and O–H groups in total. The fourth-order valence-corrected chi connectivity index (χ4v) is 1.20. The molecule has 0 atom stereocenters. The second-order valence-electron chi connectivity index (χ2n) is 4.42. The van der Waals surface area contributed by atoms with E-state index in [1.165, 1.54) is 24.8 Å². The molecule has 72 valence electrons. The first kappa shape index (κ1) is 10.2. The highest BCUT2D eigenvalue weighted by atomic mass is 16.5. The van der Waals surface area contributed by atoms with Crippen molar-refractivity contribution in [3.63, 3.8) is 0 Å². The summed E-state index contributed by atoms with van der Waals surface area (Å²) in [5.41, 5.74) is 1.10. The molecule has 0 aromatic heterocycles. The van der Waals surface area contributed by atoms with Gasteiger partial charge in [0.25, 0.3) is 0 Å². The van der Waals surface area contributed by atoms with E-state index in [-0.39, 0.29) is 5.60 Å². The van der Waals surface area contributed by atoms with Crippen LogP contribution in [-0.4, -0.2) is 5.60 Å². The third-order valence-electron chi connectivity index (χ3n) is 1.86. The Morgan fingerprint density at radius 2 is 2.08 bits per heavy atom. The van der Waals surface area contributed by atoms with E-state index in [1.807, 2.05) is 20.8 Å². The molecule has 13 heavy (non-hydrogen) atoms. The molecule has 0 amide bonds. The Kier molecular flexibility index (Phi) is 3.42. The van der Waals surface area contributed by atoms with E-state index in [0.29, 0.717) is 0 Å². The fraction of sp³-hybridized carbons (Fsp3) is 0.667. The molecule has 1 heteroatoms. The van der Waals surface area contributed by atoms with Crippen molar-refractivity contribution in [2.75, 3.05) is 0 Å². The van der Waals surface area contributed by atoms with Gasteiger partial charge in [-0.2, -0.15) is 0 Å². The summed E-state index contributed by atoms with van der Waals surface area (Å²) in [7, 11) is 0. The van der Waals surface area contributed by atoms with Crippen molar-refractivity contribution in [2.45, 2.75) is 52.1 Å². The van der Waals surface area contributed by atoms with E-state index in [2.05, 4.69) is 18.1 Å². The Hall–Kier alpha value is -0.900. The maximum absolute atomic E-state index is 5.33. The first-order valence-electron chi connectivity index (χ1n) is 4.96. The number of rotatable bonds is 0.